The van der Waals surface area contributed by atoms with Crippen LogP contribution < -0.4 is 10.6 Å². The summed E-state index contributed by atoms with van der Waals surface area (Å²) < 4.78 is 5.23. The van der Waals surface area contributed by atoms with E-state index in [9.17, 15) is 9.59 Å². The first-order chi connectivity index (χ1) is 10.6. The lowest BCUT2D eigenvalue weighted by atomic mass is 10.1. The number of aromatic nitrogens is 1. The smallest absolute Gasteiger partial charge is 0.319 e. The van der Waals surface area contributed by atoms with Crippen LogP contribution in [0.5, 0.6) is 0 Å². The van der Waals surface area contributed by atoms with Gasteiger partial charge in [-0.2, -0.15) is 0 Å². The fourth-order valence-corrected chi connectivity index (χ4v) is 1.86. The Morgan fingerprint density at radius 2 is 2.18 bits per heavy atom. The van der Waals surface area contributed by atoms with Gasteiger partial charge in [-0.3, -0.25) is 4.79 Å². The van der Waals surface area contributed by atoms with Crippen LogP contribution in [0.3, 0.4) is 0 Å². The summed E-state index contributed by atoms with van der Waals surface area (Å²) in [4.78, 5) is 26.2. The van der Waals surface area contributed by atoms with Gasteiger partial charge >= 0.3 is 12.0 Å². The number of carboxylic acids is 1. The zero-order valence-electron chi connectivity index (χ0n) is 12.1. The molecule has 116 valence electrons. The van der Waals surface area contributed by atoms with Crippen molar-refractivity contribution in [3.05, 3.63) is 36.2 Å². The predicted molar refractivity (Wildman–Crippen MR) is 80.6 cm³/mol. The Balaban J connectivity index is 1.95. The van der Waals surface area contributed by atoms with E-state index in [0.717, 1.165) is 11.1 Å². The van der Waals surface area contributed by atoms with E-state index in [0.29, 0.717) is 24.5 Å². The molecule has 2 amide bonds. The van der Waals surface area contributed by atoms with Gasteiger partial charge in [0.05, 0.1) is 6.20 Å². The van der Waals surface area contributed by atoms with Crippen LogP contribution in [0, 0.1) is 6.92 Å². The van der Waals surface area contributed by atoms with Crippen molar-refractivity contribution >= 4 is 17.7 Å². The molecule has 0 radical (unpaired) electrons. The second-order valence-corrected chi connectivity index (χ2v) is 4.75. The summed E-state index contributed by atoms with van der Waals surface area (Å²) >= 11 is 0. The van der Waals surface area contributed by atoms with Crippen molar-refractivity contribution in [3.63, 3.8) is 0 Å². The van der Waals surface area contributed by atoms with Gasteiger partial charge in [0.1, 0.15) is 6.26 Å². The summed E-state index contributed by atoms with van der Waals surface area (Å²) in [5.74, 6) is -0.401. The van der Waals surface area contributed by atoms with Gasteiger partial charge in [0.25, 0.3) is 0 Å². The molecule has 0 spiro atoms. The van der Waals surface area contributed by atoms with Gasteiger partial charge in [-0.05, 0) is 31.0 Å². The number of aryl methyl sites for hydroxylation is 1. The largest absolute Gasteiger partial charge is 0.481 e. The maximum Gasteiger partial charge on any atom is 0.319 e. The maximum atomic E-state index is 11.8. The Morgan fingerprint density at radius 1 is 1.36 bits per heavy atom. The molecule has 2 aromatic rings. The molecule has 0 aliphatic heterocycles. The molecule has 0 saturated carbocycles. The number of carbonyl (C=O) groups excluding carboxylic acids is 1. The van der Waals surface area contributed by atoms with Gasteiger partial charge in [-0.15, -0.1) is 0 Å². The number of nitrogens with zero attached hydrogens (tertiary/aromatic N) is 1. The second kappa shape index (κ2) is 7.26. The van der Waals surface area contributed by atoms with E-state index in [1.165, 1.54) is 6.26 Å². The summed E-state index contributed by atoms with van der Waals surface area (Å²) in [6.45, 7) is 2.18. The molecule has 7 nitrogen and oxygen atoms in total. The van der Waals surface area contributed by atoms with E-state index in [2.05, 4.69) is 15.6 Å². The fourth-order valence-electron chi connectivity index (χ4n) is 1.86. The third-order valence-electron chi connectivity index (χ3n) is 3.02. The highest BCUT2D eigenvalue weighted by Gasteiger charge is 2.08. The summed E-state index contributed by atoms with van der Waals surface area (Å²) in [5, 5.41) is 13.9. The summed E-state index contributed by atoms with van der Waals surface area (Å²) in [7, 11) is 0. The Labute approximate surface area is 127 Å². The molecular weight excluding hydrogens is 286 g/mol. The molecule has 0 bridgehead atoms. The van der Waals surface area contributed by atoms with E-state index in [1.807, 2.05) is 19.1 Å². The lowest BCUT2D eigenvalue weighted by Crippen LogP contribution is -2.30. The molecule has 0 saturated heterocycles. The Hall–Kier alpha value is -2.83. The Morgan fingerprint density at radius 3 is 2.86 bits per heavy atom. The monoisotopic (exact) mass is 303 g/mol. The molecule has 2 rings (SSSR count). The van der Waals surface area contributed by atoms with E-state index >= 15 is 0 Å². The van der Waals surface area contributed by atoms with E-state index in [1.54, 1.807) is 12.3 Å². The molecule has 7 heteroatoms. The van der Waals surface area contributed by atoms with Gasteiger partial charge in [0, 0.05) is 24.2 Å². The standard InChI is InChI=1S/C15H17N3O4/c1-10-4-5-11(14-16-7-8-22-14)9-12(10)18-15(21)17-6-2-3-13(19)20/h4-5,7-9H,2-3,6H2,1H3,(H,19,20)(H2,17,18,21). The number of hydrogen-bond donors (Lipinski definition) is 3. The van der Waals surface area contributed by atoms with Crippen LogP contribution >= 0.6 is 0 Å². The van der Waals surface area contributed by atoms with Crippen molar-refractivity contribution in [1.29, 1.82) is 0 Å². The van der Waals surface area contributed by atoms with Crippen LogP contribution in [0.25, 0.3) is 11.5 Å². The number of carboxylic acid groups (broad SMARTS) is 1. The molecule has 0 unspecified atom stereocenters. The highest BCUT2D eigenvalue weighted by atomic mass is 16.4. The average Bonchev–Trinajstić information content (AvgIpc) is 3.00. The molecule has 0 aliphatic rings. The number of carbonyl (C=O) groups is 2. The first-order valence-electron chi connectivity index (χ1n) is 6.83. The Kier molecular flexibility index (Phi) is 5.13. The summed E-state index contributed by atoms with van der Waals surface area (Å²) in [6, 6.07) is 5.12. The molecule has 1 aromatic carbocycles. The van der Waals surface area contributed by atoms with Crippen LogP contribution in [0.1, 0.15) is 18.4 Å². The molecule has 0 atom stereocenters. The molecule has 3 N–H and O–H groups in total. The molecule has 0 fully saturated rings. The summed E-state index contributed by atoms with van der Waals surface area (Å²) in [6.07, 6.45) is 3.45. The zero-order chi connectivity index (χ0) is 15.9. The minimum atomic E-state index is -0.878. The van der Waals surface area contributed by atoms with Gasteiger partial charge in [0.2, 0.25) is 5.89 Å². The third-order valence-corrected chi connectivity index (χ3v) is 3.02. The first-order valence-corrected chi connectivity index (χ1v) is 6.83. The summed E-state index contributed by atoms with van der Waals surface area (Å²) in [5.41, 5.74) is 2.30. The molecule has 1 heterocycles. The maximum absolute atomic E-state index is 11.8. The van der Waals surface area contributed by atoms with Crippen LogP contribution in [-0.4, -0.2) is 28.6 Å². The lowest BCUT2D eigenvalue weighted by Gasteiger charge is -2.10. The highest BCUT2D eigenvalue weighted by molar-refractivity contribution is 5.90. The predicted octanol–water partition coefficient (Wildman–Crippen LogP) is 2.64. The number of rotatable bonds is 6. The van der Waals surface area contributed by atoms with Crippen molar-refractivity contribution in [2.45, 2.75) is 19.8 Å². The topological polar surface area (TPSA) is 104 Å². The number of nitrogens with one attached hydrogen (secondary N) is 2. The zero-order valence-corrected chi connectivity index (χ0v) is 12.1. The number of hydrogen-bond acceptors (Lipinski definition) is 4. The molecular formula is C15H17N3O4. The number of anilines is 1. The van der Waals surface area contributed by atoms with Gasteiger partial charge < -0.3 is 20.2 Å². The van der Waals surface area contributed by atoms with Gasteiger partial charge in [0.15, 0.2) is 0 Å². The number of urea groups is 1. The SMILES string of the molecule is Cc1ccc(-c2ncco2)cc1NC(=O)NCCCC(=O)O. The first kappa shape index (κ1) is 15.6. The minimum absolute atomic E-state index is 0.0267. The average molecular weight is 303 g/mol. The number of oxazole rings is 1. The van der Waals surface area contributed by atoms with Crippen LogP contribution in [0.15, 0.2) is 35.1 Å². The molecule has 22 heavy (non-hydrogen) atoms. The van der Waals surface area contributed by atoms with E-state index in [-0.39, 0.29) is 12.5 Å². The molecule has 1 aromatic heterocycles. The number of aliphatic carboxylic acids is 1. The minimum Gasteiger partial charge on any atom is -0.481 e. The second-order valence-electron chi connectivity index (χ2n) is 4.75. The van der Waals surface area contributed by atoms with Crippen molar-refractivity contribution < 1.29 is 19.1 Å². The molecule has 0 aliphatic carbocycles. The lowest BCUT2D eigenvalue weighted by molar-refractivity contribution is -0.137. The van der Waals surface area contributed by atoms with E-state index in [4.69, 9.17) is 9.52 Å². The number of amides is 2. The van der Waals surface area contributed by atoms with Crippen LogP contribution in [0.4, 0.5) is 10.5 Å². The normalized spacial score (nSPS) is 10.2. The van der Waals surface area contributed by atoms with Gasteiger partial charge in [-0.1, -0.05) is 6.07 Å². The van der Waals surface area contributed by atoms with Crippen molar-refractivity contribution in [2.75, 3.05) is 11.9 Å². The number of benzene rings is 1. The van der Waals surface area contributed by atoms with E-state index < -0.39 is 5.97 Å². The highest BCUT2D eigenvalue weighted by Crippen LogP contribution is 2.24. The third kappa shape index (κ3) is 4.34. The van der Waals surface area contributed by atoms with Crippen molar-refractivity contribution in [2.24, 2.45) is 0 Å². The Bertz CT molecular complexity index is 653. The van der Waals surface area contributed by atoms with Gasteiger partial charge in [-0.25, -0.2) is 9.78 Å². The quantitative estimate of drug-likeness (QED) is 0.712. The van der Waals surface area contributed by atoms with Crippen LogP contribution in [-0.2, 0) is 4.79 Å². The fraction of sp³-hybridized carbons (Fsp3) is 0.267. The van der Waals surface area contributed by atoms with Crippen molar-refractivity contribution in [3.8, 4) is 11.5 Å². The van der Waals surface area contributed by atoms with Crippen LogP contribution in [0.2, 0.25) is 0 Å². The van der Waals surface area contributed by atoms with Crippen molar-refractivity contribution in [1.82, 2.24) is 10.3 Å².